The largest absolute Gasteiger partial charge is 0.451 e. The standard InChI is InChI=1S/C22H25N3O3S/c1-14-9-10-17(15(2)11-14)24-22(27)16(3)28-21(26)12-25-19-8-6-5-7-18(19)23-20(25)13-29-4/h5-11,16H,12-13H2,1-4H3,(H,24,27)/t16-/m1/s1. The van der Waals surface area contributed by atoms with Crippen molar-refractivity contribution in [1.29, 1.82) is 0 Å². The van der Waals surface area contributed by atoms with Gasteiger partial charge in [0.2, 0.25) is 0 Å². The molecule has 6 nitrogen and oxygen atoms in total. The molecule has 0 unspecified atom stereocenters. The second kappa shape index (κ2) is 9.13. The number of hydrogen-bond acceptors (Lipinski definition) is 5. The molecule has 0 aliphatic rings. The SMILES string of the molecule is CSCc1nc2ccccc2n1CC(=O)O[C@H](C)C(=O)Nc1ccc(C)cc1C. The molecule has 0 bridgehead atoms. The fourth-order valence-electron chi connectivity index (χ4n) is 3.15. The van der Waals surface area contributed by atoms with Crippen molar-refractivity contribution in [3.8, 4) is 0 Å². The average molecular weight is 412 g/mol. The van der Waals surface area contributed by atoms with Gasteiger partial charge in [0.1, 0.15) is 12.4 Å². The fourth-order valence-corrected chi connectivity index (χ4v) is 3.62. The first kappa shape index (κ1) is 20.9. The number of para-hydroxylation sites is 2. The van der Waals surface area contributed by atoms with E-state index in [-0.39, 0.29) is 12.5 Å². The number of thioether (sulfide) groups is 1. The molecule has 0 spiro atoms. The first-order valence-electron chi connectivity index (χ1n) is 9.39. The minimum atomic E-state index is -0.901. The van der Waals surface area contributed by atoms with E-state index in [1.807, 2.05) is 67.1 Å². The highest BCUT2D eigenvalue weighted by Crippen LogP contribution is 2.20. The van der Waals surface area contributed by atoms with Gasteiger partial charge in [-0.25, -0.2) is 4.98 Å². The predicted octanol–water partition coefficient (Wildman–Crippen LogP) is 4.09. The van der Waals surface area contributed by atoms with E-state index in [1.54, 1.807) is 18.7 Å². The molecule has 7 heteroatoms. The Hall–Kier alpha value is -2.80. The third kappa shape index (κ3) is 4.98. The zero-order valence-electron chi connectivity index (χ0n) is 17.1. The van der Waals surface area contributed by atoms with Crippen LogP contribution in [0.25, 0.3) is 11.0 Å². The molecule has 0 saturated carbocycles. The number of imidazole rings is 1. The summed E-state index contributed by atoms with van der Waals surface area (Å²) < 4.78 is 7.25. The van der Waals surface area contributed by atoms with E-state index in [4.69, 9.17) is 4.74 Å². The van der Waals surface area contributed by atoms with Crippen molar-refractivity contribution >= 4 is 40.4 Å². The molecule has 0 fully saturated rings. The summed E-state index contributed by atoms with van der Waals surface area (Å²) in [7, 11) is 0. The van der Waals surface area contributed by atoms with Crippen LogP contribution in [0.5, 0.6) is 0 Å². The summed E-state index contributed by atoms with van der Waals surface area (Å²) in [6, 6.07) is 13.4. The van der Waals surface area contributed by atoms with E-state index in [1.165, 1.54) is 0 Å². The number of ether oxygens (including phenoxy) is 1. The molecule has 3 rings (SSSR count). The molecule has 152 valence electrons. The van der Waals surface area contributed by atoms with Gasteiger partial charge in [0, 0.05) is 5.69 Å². The van der Waals surface area contributed by atoms with Gasteiger partial charge in [0.05, 0.1) is 16.8 Å². The van der Waals surface area contributed by atoms with E-state index in [0.717, 1.165) is 28.0 Å². The number of benzene rings is 2. The molecule has 0 aliphatic heterocycles. The second-order valence-electron chi connectivity index (χ2n) is 6.98. The lowest BCUT2D eigenvalue weighted by Crippen LogP contribution is -2.31. The van der Waals surface area contributed by atoms with Crippen LogP contribution in [0.4, 0.5) is 5.69 Å². The number of anilines is 1. The van der Waals surface area contributed by atoms with Crippen LogP contribution in [0.15, 0.2) is 42.5 Å². The van der Waals surface area contributed by atoms with E-state index in [2.05, 4.69) is 10.3 Å². The van der Waals surface area contributed by atoms with Gasteiger partial charge in [-0.2, -0.15) is 11.8 Å². The second-order valence-corrected chi connectivity index (χ2v) is 7.84. The molecule has 1 amide bonds. The molecule has 1 atom stereocenters. The van der Waals surface area contributed by atoms with Crippen molar-refractivity contribution in [2.75, 3.05) is 11.6 Å². The topological polar surface area (TPSA) is 73.2 Å². The number of carbonyl (C=O) groups is 2. The molecule has 29 heavy (non-hydrogen) atoms. The molecular weight excluding hydrogens is 386 g/mol. The summed E-state index contributed by atoms with van der Waals surface area (Å²) in [5.41, 5.74) is 4.51. The van der Waals surface area contributed by atoms with Crippen LogP contribution >= 0.6 is 11.8 Å². The summed E-state index contributed by atoms with van der Waals surface area (Å²) in [6.45, 7) is 5.51. The zero-order chi connectivity index (χ0) is 21.0. The highest BCUT2D eigenvalue weighted by Gasteiger charge is 2.20. The minimum Gasteiger partial charge on any atom is -0.451 e. The maximum atomic E-state index is 12.5. The Morgan fingerprint density at radius 1 is 1.21 bits per heavy atom. The number of esters is 1. The monoisotopic (exact) mass is 411 g/mol. The maximum absolute atomic E-state index is 12.5. The summed E-state index contributed by atoms with van der Waals surface area (Å²) in [6.07, 6.45) is 1.09. The van der Waals surface area contributed by atoms with Gasteiger partial charge in [-0.3, -0.25) is 9.59 Å². The highest BCUT2D eigenvalue weighted by atomic mass is 32.2. The van der Waals surface area contributed by atoms with Crippen LogP contribution in [0, 0.1) is 13.8 Å². The van der Waals surface area contributed by atoms with Crippen molar-refractivity contribution < 1.29 is 14.3 Å². The van der Waals surface area contributed by atoms with Crippen LogP contribution in [-0.2, 0) is 26.6 Å². The van der Waals surface area contributed by atoms with Gasteiger partial charge in [-0.1, -0.05) is 29.8 Å². The highest BCUT2D eigenvalue weighted by molar-refractivity contribution is 7.97. The average Bonchev–Trinajstić information content (AvgIpc) is 3.01. The summed E-state index contributed by atoms with van der Waals surface area (Å²) in [5.74, 6) is 0.664. The van der Waals surface area contributed by atoms with Crippen molar-refractivity contribution in [2.45, 2.75) is 39.2 Å². The smallest absolute Gasteiger partial charge is 0.326 e. The third-order valence-corrected chi connectivity index (χ3v) is 5.16. The Balaban J connectivity index is 1.68. The van der Waals surface area contributed by atoms with Crippen LogP contribution in [0.3, 0.4) is 0 Å². The predicted molar refractivity (Wildman–Crippen MR) is 117 cm³/mol. The maximum Gasteiger partial charge on any atom is 0.326 e. The summed E-state index contributed by atoms with van der Waals surface area (Å²) in [5, 5.41) is 2.82. The quantitative estimate of drug-likeness (QED) is 0.593. The van der Waals surface area contributed by atoms with Gasteiger partial charge in [-0.15, -0.1) is 0 Å². The van der Waals surface area contributed by atoms with Crippen LogP contribution in [-0.4, -0.2) is 33.8 Å². The number of aryl methyl sites for hydroxylation is 2. The molecule has 0 radical (unpaired) electrons. The van der Waals surface area contributed by atoms with Crippen molar-refractivity contribution in [3.63, 3.8) is 0 Å². The van der Waals surface area contributed by atoms with Gasteiger partial charge in [-0.05, 0) is 50.8 Å². The summed E-state index contributed by atoms with van der Waals surface area (Å²) in [4.78, 5) is 29.6. The van der Waals surface area contributed by atoms with Crippen molar-refractivity contribution in [1.82, 2.24) is 9.55 Å². The van der Waals surface area contributed by atoms with Crippen LogP contribution < -0.4 is 5.32 Å². The van der Waals surface area contributed by atoms with Gasteiger partial charge >= 0.3 is 5.97 Å². The zero-order valence-corrected chi connectivity index (χ0v) is 17.9. The van der Waals surface area contributed by atoms with Gasteiger partial charge in [0.25, 0.3) is 5.91 Å². The lowest BCUT2D eigenvalue weighted by atomic mass is 10.1. The molecular formula is C22H25N3O3S. The summed E-state index contributed by atoms with van der Waals surface area (Å²) >= 11 is 1.63. The Kier molecular flexibility index (Phi) is 6.59. The van der Waals surface area contributed by atoms with E-state index >= 15 is 0 Å². The first-order chi connectivity index (χ1) is 13.9. The van der Waals surface area contributed by atoms with E-state index in [0.29, 0.717) is 11.4 Å². The number of hydrogen-bond donors (Lipinski definition) is 1. The fraction of sp³-hybridized carbons (Fsp3) is 0.318. The molecule has 3 aromatic rings. The first-order valence-corrected chi connectivity index (χ1v) is 10.8. The molecule has 1 aromatic heterocycles. The normalized spacial score (nSPS) is 12.0. The van der Waals surface area contributed by atoms with Gasteiger partial charge < -0.3 is 14.6 Å². The van der Waals surface area contributed by atoms with Crippen LogP contribution in [0.2, 0.25) is 0 Å². The molecule has 2 aromatic carbocycles. The van der Waals surface area contributed by atoms with Crippen molar-refractivity contribution in [2.24, 2.45) is 0 Å². The Morgan fingerprint density at radius 2 is 1.97 bits per heavy atom. The molecule has 0 aliphatic carbocycles. The number of fused-ring (bicyclic) bond motifs is 1. The van der Waals surface area contributed by atoms with E-state index < -0.39 is 12.1 Å². The Labute approximate surface area is 174 Å². The number of aromatic nitrogens is 2. The Bertz CT molecular complexity index is 1040. The number of nitrogens with one attached hydrogen (secondary N) is 1. The minimum absolute atomic E-state index is 0.0115. The lowest BCUT2D eigenvalue weighted by Gasteiger charge is -2.16. The third-order valence-electron chi connectivity index (χ3n) is 4.61. The lowest BCUT2D eigenvalue weighted by molar-refractivity contribution is -0.153. The number of amides is 1. The van der Waals surface area contributed by atoms with Gasteiger partial charge in [0.15, 0.2) is 6.10 Å². The van der Waals surface area contributed by atoms with Crippen LogP contribution in [0.1, 0.15) is 23.9 Å². The number of nitrogens with zero attached hydrogens (tertiary/aromatic N) is 2. The van der Waals surface area contributed by atoms with Crippen molar-refractivity contribution in [3.05, 3.63) is 59.4 Å². The number of carbonyl (C=O) groups excluding carboxylic acids is 2. The number of rotatable bonds is 7. The molecule has 0 saturated heterocycles. The van der Waals surface area contributed by atoms with E-state index in [9.17, 15) is 9.59 Å². The molecule has 1 heterocycles. The Morgan fingerprint density at radius 3 is 2.69 bits per heavy atom. The molecule has 1 N–H and O–H groups in total.